The van der Waals surface area contributed by atoms with Crippen molar-refractivity contribution in [3.63, 3.8) is 0 Å². The van der Waals surface area contributed by atoms with Gasteiger partial charge in [-0.1, -0.05) is 18.2 Å². The molecule has 3 heterocycles. The number of aromatic amines is 1. The highest BCUT2D eigenvalue weighted by atomic mass is 16.5. The number of hydrogen-bond donors (Lipinski definition) is 2. The van der Waals surface area contributed by atoms with Crippen molar-refractivity contribution >= 4 is 28.0 Å². The fourth-order valence-corrected chi connectivity index (χ4v) is 4.69. The molecule has 0 amide bonds. The second-order valence-electron chi connectivity index (χ2n) is 9.12. The summed E-state index contributed by atoms with van der Waals surface area (Å²) in [4.78, 5) is 12.8. The summed E-state index contributed by atoms with van der Waals surface area (Å²) in [7, 11) is 3.54. The Morgan fingerprint density at radius 3 is 2.82 bits per heavy atom. The zero-order chi connectivity index (χ0) is 23.0. The predicted molar refractivity (Wildman–Crippen MR) is 128 cm³/mol. The largest absolute Gasteiger partial charge is 0.480 e. The molecule has 174 valence electrons. The lowest BCUT2D eigenvalue weighted by Gasteiger charge is -2.37. The first kappa shape index (κ1) is 21.6. The zero-order valence-corrected chi connectivity index (χ0v) is 19.7. The molecular formula is C24H31N7O2. The lowest BCUT2D eigenvalue weighted by atomic mass is 9.83. The van der Waals surface area contributed by atoms with Gasteiger partial charge in [-0.05, 0) is 56.7 Å². The van der Waals surface area contributed by atoms with Crippen LogP contribution in [0.25, 0.3) is 33.2 Å². The van der Waals surface area contributed by atoms with Crippen molar-refractivity contribution in [2.24, 2.45) is 7.05 Å². The van der Waals surface area contributed by atoms with Crippen LogP contribution in [0.4, 0.5) is 5.95 Å². The molecule has 1 saturated carbocycles. The normalized spacial score (nSPS) is 21.0. The van der Waals surface area contributed by atoms with E-state index in [-0.39, 0.29) is 5.60 Å². The summed E-state index contributed by atoms with van der Waals surface area (Å²) in [6, 6.07) is 6.40. The van der Waals surface area contributed by atoms with E-state index in [1.165, 1.54) is 0 Å². The molecule has 1 fully saturated rings. The number of aryl methyl sites for hydroxylation is 1. The third kappa shape index (κ3) is 4.13. The van der Waals surface area contributed by atoms with Gasteiger partial charge in [0.2, 0.25) is 11.8 Å². The van der Waals surface area contributed by atoms with Crippen molar-refractivity contribution in [1.29, 1.82) is 0 Å². The van der Waals surface area contributed by atoms with Crippen LogP contribution in [0.1, 0.15) is 46.0 Å². The standard InChI is InChI=1S/C24H31N7O2/c1-5-12-33-24(2)10-8-16(9-11-24)26-23-27-21-20(22(28-23)32-4)17(14-25-21)15-6-7-18-19(13-15)31(3)30-29-18/h6-7,13-14,16H,5,8-12H2,1-4H3,(H2,25,26,27,28)/t16-,24-. The third-order valence-electron chi connectivity index (χ3n) is 6.64. The van der Waals surface area contributed by atoms with Crippen LogP contribution in [-0.4, -0.2) is 55.3 Å². The quantitative estimate of drug-likeness (QED) is 0.429. The molecule has 0 spiro atoms. The summed E-state index contributed by atoms with van der Waals surface area (Å²) >= 11 is 0. The molecule has 1 aromatic carbocycles. The van der Waals surface area contributed by atoms with Crippen LogP contribution < -0.4 is 10.1 Å². The topological polar surface area (TPSA) is 103 Å². The van der Waals surface area contributed by atoms with E-state index in [0.717, 1.165) is 71.9 Å². The van der Waals surface area contributed by atoms with Crippen molar-refractivity contribution < 1.29 is 9.47 Å². The molecule has 0 bridgehead atoms. The molecule has 33 heavy (non-hydrogen) atoms. The van der Waals surface area contributed by atoms with Crippen molar-refractivity contribution in [1.82, 2.24) is 29.9 Å². The van der Waals surface area contributed by atoms with Gasteiger partial charge in [-0.3, -0.25) is 0 Å². The number of nitrogens with one attached hydrogen (secondary N) is 2. The first-order chi connectivity index (χ1) is 16.0. The average molecular weight is 450 g/mol. The van der Waals surface area contributed by atoms with Crippen LogP contribution in [0.5, 0.6) is 5.88 Å². The van der Waals surface area contributed by atoms with Crippen LogP contribution in [0, 0.1) is 0 Å². The van der Waals surface area contributed by atoms with E-state index in [2.05, 4.69) is 40.5 Å². The summed E-state index contributed by atoms with van der Waals surface area (Å²) in [6.45, 7) is 5.20. The Morgan fingerprint density at radius 1 is 1.24 bits per heavy atom. The average Bonchev–Trinajstić information content (AvgIpc) is 3.42. The van der Waals surface area contributed by atoms with E-state index in [0.29, 0.717) is 17.9 Å². The van der Waals surface area contributed by atoms with Gasteiger partial charge >= 0.3 is 0 Å². The monoisotopic (exact) mass is 449 g/mol. The molecule has 1 aliphatic carbocycles. The number of ether oxygens (including phenoxy) is 2. The highest BCUT2D eigenvalue weighted by Crippen LogP contribution is 2.36. The van der Waals surface area contributed by atoms with E-state index in [4.69, 9.17) is 19.4 Å². The van der Waals surface area contributed by atoms with Crippen molar-refractivity contribution in [3.05, 3.63) is 24.4 Å². The number of aromatic nitrogens is 6. The van der Waals surface area contributed by atoms with E-state index < -0.39 is 0 Å². The van der Waals surface area contributed by atoms with E-state index in [1.807, 2.05) is 25.4 Å². The molecule has 0 atom stereocenters. The number of rotatable bonds is 7. The minimum absolute atomic E-state index is 0.0183. The second kappa shape index (κ2) is 8.62. The molecule has 3 aromatic heterocycles. The van der Waals surface area contributed by atoms with Crippen molar-refractivity contribution in [2.45, 2.75) is 57.6 Å². The SMILES string of the molecule is CCCO[C@]1(C)CC[C@@H](Nc2nc(OC)c3c(-c4ccc5nnn(C)c5c4)c[nH]c3n2)CC1. The minimum atomic E-state index is -0.0183. The highest BCUT2D eigenvalue weighted by molar-refractivity contribution is 5.99. The fraction of sp³-hybridized carbons (Fsp3) is 0.500. The summed E-state index contributed by atoms with van der Waals surface area (Å²) < 4.78 is 13.6. The van der Waals surface area contributed by atoms with Crippen LogP contribution >= 0.6 is 0 Å². The smallest absolute Gasteiger partial charge is 0.228 e. The number of anilines is 1. The number of methoxy groups -OCH3 is 1. The van der Waals surface area contributed by atoms with Crippen LogP contribution in [0.2, 0.25) is 0 Å². The van der Waals surface area contributed by atoms with Gasteiger partial charge in [-0.25, -0.2) is 4.68 Å². The molecule has 0 saturated heterocycles. The Hall–Kier alpha value is -3.20. The van der Waals surface area contributed by atoms with Crippen LogP contribution in [0.3, 0.4) is 0 Å². The van der Waals surface area contributed by atoms with Crippen molar-refractivity contribution in [3.8, 4) is 17.0 Å². The summed E-state index contributed by atoms with van der Waals surface area (Å²) in [5.41, 5.74) is 4.56. The third-order valence-corrected chi connectivity index (χ3v) is 6.64. The molecule has 0 unspecified atom stereocenters. The van der Waals surface area contributed by atoms with Crippen LogP contribution in [-0.2, 0) is 11.8 Å². The number of H-pyrrole nitrogens is 1. The molecular weight excluding hydrogens is 418 g/mol. The summed E-state index contributed by atoms with van der Waals surface area (Å²) in [5.74, 6) is 1.14. The first-order valence-corrected chi connectivity index (χ1v) is 11.6. The maximum Gasteiger partial charge on any atom is 0.228 e. The van der Waals surface area contributed by atoms with Gasteiger partial charge in [-0.2, -0.15) is 9.97 Å². The molecule has 0 aliphatic heterocycles. The Balaban J connectivity index is 1.40. The Labute approximate surface area is 192 Å². The summed E-state index contributed by atoms with van der Waals surface area (Å²) in [5, 5.41) is 12.6. The fourth-order valence-electron chi connectivity index (χ4n) is 4.69. The number of benzene rings is 1. The van der Waals surface area contributed by atoms with Gasteiger partial charge in [0.15, 0.2) is 0 Å². The van der Waals surface area contributed by atoms with Gasteiger partial charge in [0.1, 0.15) is 11.2 Å². The predicted octanol–water partition coefficient (Wildman–Crippen LogP) is 4.46. The number of hydrogen-bond acceptors (Lipinski definition) is 7. The zero-order valence-electron chi connectivity index (χ0n) is 19.7. The lowest BCUT2D eigenvalue weighted by Crippen LogP contribution is -2.38. The second-order valence-corrected chi connectivity index (χ2v) is 9.12. The van der Waals surface area contributed by atoms with Gasteiger partial charge in [0.05, 0.1) is 23.6 Å². The molecule has 9 heteroatoms. The van der Waals surface area contributed by atoms with Crippen molar-refractivity contribution in [2.75, 3.05) is 19.0 Å². The molecule has 0 radical (unpaired) electrons. The van der Waals surface area contributed by atoms with Gasteiger partial charge in [-0.15, -0.1) is 5.10 Å². The molecule has 9 nitrogen and oxygen atoms in total. The summed E-state index contributed by atoms with van der Waals surface area (Å²) in [6.07, 6.45) is 7.12. The maximum absolute atomic E-state index is 6.09. The number of fused-ring (bicyclic) bond motifs is 2. The van der Waals surface area contributed by atoms with E-state index in [9.17, 15) is 0 Å². The highest BCUT2D eigenvalue weighted by Gasteiger charge is 2.32. The molecule has 1 aliphatic rings. The lowest BCUT2D eigenvalue weighted by molar-refractivity contribution is -0.0574. The Kier molecular flexibility index (Phi) is 5.65. The molecule has 4 aromatic rings. The molecule has 5 rings (SSSR count). The van der Waals surface area contributed by atoms with E-state index in [1.54, 1.807) is 11.8 Å². The molecule has 2 N–H and O–H groups in total. The first-order valence-electron chi connectivity index (χ1n) is 11.6. The minimum Gasteiger partial charge on any atom is -0.480 e. The van der Waals surface area contributed by atoms with Gasteiger partial charge in [0, 0.05) is 31.5 Å². The number of nitrogens with zero attached hydrogens (tertiary/aromatic N) is 5. The Bertz CT molecular complexity index is 1270. The van der Waals surface area contributed by atoms with Gasteiger partial charge < -0.3 is 19.8 Å². The Morgan fingerprint density at radius 2 is 2.06 bits per heavy atom. The van der Waals surface area contributed by atoms with Crippen LogP contribution in [0.15, 0.2) is 24.4 Å². The van der Waals surface area contributed by atoms with Gasteiger partial charge in [0.25, 0.3) is 0 Å². The maximum atomic E-state index is 6.09. The van der Waals surface area contributed by atoms with E-state index >= 15 is 0 Å².